The number of benzene rings is 2. The third-order valence-electron chi connectivity index (χ3n) is 8.18. The van der Waals surface area contributed by atoms with Crippen LogP contribution in [-0.2, 0) is 22.6 Å². The molecule has 0 spiro atoms. The molecule has 2 aromatic carbocycles. The molecule has 1 unspecified atom stereocenters. The third-order valence-corrected chi connectivity index (χ3v) is 8.18. The lowest BCUT2D eigenvalue weighted by atomic mass is 9.86. The smallest absolute Gasteiger partial charge is 0.161 e. The molecule has 3 atom stereocenters. The molecule has 0 bridgehead atoms. The molecule has 8 nitrogen and oxygen atoms in total. The van der Waals surface area contributed by atoms with Crippen LogP contribution in [0, 0.1) is 24.6 Å². The van der Waals surface area contributed by atoms with E-state index in [9.17, 15) is 23.2 Å². The maximum Gasteiger partial charge on any atom is 0.161 e. The number of carbonyl (C=O) groups excluding carboxylic acids is 3. The van der Waals surface area contributed by atoms with Gasteiger partial charge in [0.05, 0.1) is 30.3 Å². The Labute approximate surface area is 246 Å². The molecule has 0 saturated heterocycles. The van der Waals surface area contributed by atoms with Crippen LogP contribution in [0.4, 0.5) is 8.78 Å². The molecule has 0 amide bonds. The van der Waals surface area contributed by atoms with Crippen LogP contribution >= 0.6 is 0 Å². The number of aromatic nitrogens is 5. The van der Waals surface area contributed by atoms with Gasteiger partial charge in [-0.3, -0.25) is 14.4 Å². The Bertz CT molecular complexity index is 1860. The summed E-state index contributed by atoms with van der Waals surface area (Å²) in [7, 11) is 0. The van der Waals surface area contributed by atoms with E-state index >= 15 is 0 Å². The van der Waals surface area contributed by atoms with Crippen LogP contribution in [0.15, 0.2) is 73.2 Å². The van der Waals surface area contributed by atoms with Gasteiger partial charge in [0.2, 0.25) is 0 Å². The molecular formula is C33H29F2N5O3. The minimum Gasteiger partial charge on any atom is -0.339 e. The van der Waals surface area contributed by atoms with Crippen LogP contribution in [0.25, 0.3) is 27.7 Å². The molecule has 218 valence electrons. The van der Waals surface area contributed by atoms with Gasteiger partial charge in [0, 0.05) is 46.5 Å². The normalized spacial score (nSPS) is 18.3. The van der Waals surface area contributed by atoms with Gasteiger partial charge in [-0.1, -0.05) is 18.2 Å². The molecule has 0 N–H and O–H groups in total. The van der Waals surface area contributed by atoms with Gasteiger partial charge in [-0.25, -0.2) is 13.5 Å². The summed E-state index contributed by atoms with van der Waals surface area (Å²) in [6.07, 6.45) is 3.38. The molecule has 1 saturated carbocycles. The Morgan fingerprint density at radius 3 is 2.44 bits per heavy atom. The van der Waals surface area contributed by atoms with Crippen LogP contribution in [0.3, 0.4) is 0 Å². The number of fused-ring (bicyclic) bond motifs is 1. The molecule has 3 heterocycles. The van der Waals surface area contributed by atoms with Crippen molar-refractivity contribution >= 4 is 28.3 Å². The fourth-order valence-electron chi connectivity index (χ4n) is 6.14. The summed E-state index contributed by atoms with van der Waals surface area (Å²) in [4.78, 5) is 39.8. The number of rotatable bonds is 9. The van der Waals surface area contributed by atoms with Crippen LogP contribution < -0.4 is 0 Å². The van der Waals surface area contributed by atoms with Crippen LogP contribution in [0.5, 0.6) is 0 Å². The molecule has 1 aliphatic rings. The van der Waals surface area contributed by atoms with E-state index in [-0.39, 0.29) is 48.8 Å². The van der Waals surface area contributed by atoms with E-state index in [0.717, 1.165) is 11.1 Å². The zero-order valence-electron chi connectivity index (χ0n) is 23.7. The molecule has 43 heavy (non-hydrogen) atoms. The lowest BCUT2D eigenvalue weighted by molar-refractivity contribution is -0.131. The summed E-state index contributed by atoms with van der Waals surface area (Å²) in [5, 5.41) is 12.8. The summed E-state index contributed by atoms with van der Waals surface area (Å²) >= 11 is 0. The van der Waals surface area contributed by atoms with Crippen molar-refractivity contribution in [2.45, 2.75) is 45.8 Å². The van der Waals surface area contributed by atoms with Gasteiger partial charge in [-0.05, 0) is 68.7 Å². The Morgan fingerprint density at radius 2 is 1.72 bits per heavy atom. The second-order valence-corrected chi connectivity index (χ2v) is 11.1. The minimum atomic E-state index is -1.29. The van der Waals surface area contributed by atoms with Crippen molar-refractivity contribution in [3.63, 3.8) is 0 Å². The predicted octanol–water partition coefficient (Wildman–Crippen LogP) is 5.68. The number of nitrogens with zero attached hydrogens (tertiary/aromatic N) is 5. The van der Waals surface area contributed by atoms with Gasteiger partial charge in [0.15, 0.2) is 11.6 Å². The quantitative estimate of drug-likeness (QED) is 0.208. The molecule has 0 radical (unpaired) electrons. The van der Waals surface area contributed by atoms with Crippen LogP contribution in [0.2, 0.25) is 0 Å². The van der Waals surface area contributed by atoms with Crippen molar-refractivity contribution in [1.82, 2.24) is 24.5 Å². The predicted molar refractivity (Wildman–Crippen MR) is 156 cm³/mol. The summed E-state index contributed by atoms with van der Waals surface area (Å²) < 4.78 is 32.4. The van der Waals surface area contributed by atoms with E-state index in [4.69, 9.17) is 0 Å². The lowest BCUT2D eigenvalue weighted by Crippen LogP contribution is -2.29. The minimum absolute atomic E-state index is 0.0429. The number of aryl methyl sites for hydroxylation is 1. The van der Waals surface area contributed by atoms with Crippen molar-refractivity contribution < 1.29 is 23.2 Å². The van der Waals surface area contributed by atoms with Gasteiger partial charge in [-0.2, -0.15) is 15.3 Å². The lowest BCUT2D eigenvalue weighted by Gasteiger charge is -2.18. The van der Waals surface area contributed by atoms with E-state index in [1.165, 1.54) is 17.7 Å². The number of para-hydroxylation sites is 1. The van der Waals surface area contributed by atoms with Crippen LogP contribution in [0.1, 0.15) is 41.5 Å². The second-order valence-electron chi connectivity index (χ2n) is 11.1. The van der Waals surface area contributed by atoms with E-state index < -0.39 is 23.8 Å². The average molecular weight is 582 g/mol. The number of carbonyl (C=O) groups is 3. The zero-order chi connectivity index (χ0) is 30.2. The molecule has 10 heteroatoms. The Hall–Kier alpha value is -4.86. The molecule has 1 aliphatic carbocycles. The Kier molecular flexibility index (Phi) is 7.52. The maximum atomic E-state index is 14.8. The first-order valence-electron chi connectivity index (χ1n) is 14.1. The molecule has 3 aromatic heterocycles. The molecular weight excluding hydrogens is 552 g/mol. The summed E-state index contributed by atoms with van der Waals surface area (Å²) in [5.74, 6) is -2.81. The van der Waals surface area contributed by atoms with Gasteiger partial charge in [0.1, 0.15) is 23.5 Å². The molecule has 5 aromatic rings. The van der Waals surface area contributed by atoms with Gasteiger partial charge < -0.3 is 4.57 Å². The highest BCUT2D eigenvalue weighted by atomic mass is 19.1. The first kappa shape index (κ1) is 28.3. The van der Waals surface area contributed by atoms with Crippen molar-refractivity contribution in [1.29, 1.82) is 0 Å². The number of alkyl halides is 1. The van der Waals surface area contributed by atoms with Gasteiger partial charge >= 0.3 is 0 Å². The molecule has 6 rings (SSSR count). The highest BCUT2D eigenvalue weighted by molar-refractivity contribution is 6.08. The van der Waals surface area contributed by atoms with Crippen molar-refractivity contribution in [2.75, 3.05) is 0 Å². The largest absolute Gasteiger partial charge is 0.339 e. The van der Waals surface area contributed by atoms with E-state index in [1.807, 2.05) is 24.3 Å². The van der Waals surface area contributed by atoms with Gasteiger partial charge in [0.25, 0.3) is 0 Å². The fourth-order valence-corrected chi connectivity index (χ4v) is 6.14. The average Bonchev–Trinajstić information content (AvgIpc) is 3.68. The Balaban J connectivity index is 1.26. The summed E-state index contributed by atoms with van der Waals surface area (Å²) in [6, 6.07) is 15.3. The zero-order valence-corrected chi connectivity index (χ0v) is 23.7. The van der Waals surface area contributed by atoms with Crippen molar-refractivity contribution in [3.05, 3.63) is 96.0 Å². The molecule has 0 aliphatic heterocycles. The van der Waals surface area contributed by atoms with Gasteiger partial charge in [-0.15, -0.1) is 0 Å². The molecule has 1 fully saturated rings. The fraction of sp³-hybridized carbons (Fsp3) is 0.273. The monoisotopic (exact) mass is 581 g/mol. The standard InChI is InChI=1S/C33H29F2N5O3/c1-19-11-24(40(38-19)31-6-4-3-5-29(31)35)15-32(42)26-13-23(34)14-27(26)33(43)18-39-17-28(20(2)41)25-12-21(7-8-30(25)39)22-9-10-36-37-16-22/h3-12,16-17,23,26-27H,13-15,18H2,1-2H3/t23-,26-,27?/m1/s1. The van der Waals surface area contributed by atoms with Crippen LogP contribution in [-0.4, -0.2) is 48.1 Å². The Morgan fingerprint density at radius 1 is 0.953 bits per heavy atom. The maximum absolute atomic E-state index is 14.8. The highest BCUT2D eigenvalue weighted by Crippen LogP contribution is 2.37. The summed E-state index contributed by atoms with van der Waals surface area (Å²) in [5.41, 5.74) is 4.13. The number of Topliss-reactive ketones (excluding diaryl/α,β-unsaturated/α-hetero) is 3. The third kappa shape index (κ3) is 5.52. The number of ketones is 3. The summed E-state index contributed by atoms with van der Waals surface area (Å²) in [6.45, 7) is 3.11. The second kappa shape index (κ2) is 11.4. The van der Waals surface area contributed by atoms with E-state index in [1.54, 1.807) is 54.3 Å². The number of halogens is 2. The SMILES string of the molecule is CC(=O)c1cn(CC(=O)C2C[C@H](F)C[C@H]2C(=O)Cc2cc(C)nn2-c2ccccc2F)c2ccc(-c3ccnnc3)cc12. The first-order valence-corrected chi connectivity index (χ1v) is 14.1. The first-order chi connectivity index (χ1) is 20.7. The van der Waals surface area contributed by atoms with E-state index in [0.29, 0.717) is 27.9 Å². The topological polar surface area (TPSA) is 99.7 Å². The number of hydrogen-bond acceptors (Lipinski definition) is 6. The van der Waals surface area contributed by atoms with Crippen molar-refractivity contribution in [2.24, 2.45) is 11.8 Å². The highest BCUT2D eigenvalue weighted by Gasteiger charge is 2.42. The van der Waals surface area contributed by atoms with Crippen molar-refractivity contribution in [3.8, 4) is 16.8 Å². The number of hydrogen-bond donors (Lipinski definition) is 0. The van der Waals surface area contributed by atoms with E-state index in [2.05, 4.69) is 15.3 Å².